The largest absolute Gasteiger partial charge is 0.587 e. The molecule has 3 rings (SSSR count). The lowest BCUT2D eigenvalue weighted by Gasteiger charge is -2.14. The quantitative estimate of drug-likeness (QED) is 0.487. The monoisotopic (exact) mass is 392 g/mol. The number of carbonyl (C=O) groups is 1. The fourth-order valence-corrected chi connectivity index (χ4v) is 4.51. The Labute approximate surface area is 159 Å². The summed E-state index contributed by atoms with van der Waals surface area (Å²) >= 11 is 0.0370. The number of methoxy groups -OCH3 is 1. The van der Waals surface area contributed by atoms with Gasteiger partial charge >= 0.3 is 5.97 Å². The number of aromatic nitrogens is 1. The van der Waals surface area contributed by atoms with Gasteiger partial charge in [0.05, 0.1) is 12.1 Å². The summed E-state index contributed by atoms with van der Waals surface area (Å²) < 4.78 is 28.6. The molecule has 1 aromatic carbocycles. The first-order valence-electron chi connectivity index (χ1n) is 8.07. The molecule has 0 radical (unpaired) electrons. The number of nitrogens with one attached hydrogen (secondary N) is 1. The molecular formula is C18H20N2O4S2. The molecule has 6 nitrogen and oxygen atoms in total. The number of hydrogen-bond acceptors (Lipinski definition) is 6. The number of benzene rings is 1. The van der Waals surface area contributed by atoms with Crippen LogP contribution < -0.4 is 4.72 Å². The first-order chi connectivity index (χ1) is 12.6. The minimum Gasteiger partial charge on any atom is -0.587 e. The van der Waals surface area contributed by atoms with Crippen LogP contribution in [0.3, 0.4) is 0 Å². The maximum Gasteiger partial charge on any atom is 0.355 e. The zero-order chi connectivity index (χ0) is 18.7. The van der Waals surface area contributed by atoms with E-state index in [1.807, 2.05) is 36.6 Å². The lowest BCUT2D eigenvalue weighted by Crippen LogP contribution is -2.15. The molecule has 8 heteroatoms. The molecule has 0 saturated carbocycles. The van der Waals surface area contributed by atoms with Crippen LogP contribution >= 0.6 is 11.3 Å². The van der Waals surface area contributed by atoms with Crippen LogP contribution in [0.25, 0.3) is 10.9 Å². The normalized spacial score (nSPS) is 12.3. The SMILES string of the molecule is CCOC(=O)c1cc2c(C)ccc(N[S+]([O-])c3cccs3)c2n1COC. The Morgan fingerprint density at radius 3 is 2.85 bits per heavy atom. The van der Waals surface area contributed by atoms with E-state index >= 15 is 0 Å². The Bertz CT molecular complexity index is 906. The molecule has 2 heterocycles. The summed E-state index contributed by atoms with van der Waals surface area (Å²) in [7, 11) is 1.56. The summed E-state index contributed by atoms with van der Waals surface area (Å²) in [6, 6.07) is 9.27. The molecule has 0 fully saturated rings. The minimum absolute atomic E-state index is 0.182. The molecule has 3 aromatic rings. The van der Waals surface area contributed by atoms with E-state index in [4.69, 9.17) is 9.47 Å². The van der Waals surface area contributed by atoms with Crippen LogP contribution in [0.4, 0.5) is 5.69 Å². The van der Waals surface area contributed by atoms with Crippen LogP contribution in [0.5, 0.6) is 0 Å². The lowest BCUT2D eigenvalue weighted by atomic mass is 10.1. The fraction of sp³-hybridized carbons (Fsp3) is 0.278. The average molecular weight is 393 g/mol. The third kappa shape index (κ3) is 3.59. The van der Waals surface area contributed by atoms with E-state index in [0.29, 0.717) is 18.0 Å². The molecule has 1 atom stereocenters. The number of fused-ring (bicyclic) bond motifs is 1. The number of hydrogen-bond donors (Lipinski definition) is 1. The Kier molecular flexibility index (Phi) is 5.87. The number of nitrogens with zero attached hydrogens (tertiary/aromatic N) is 1. The van der Waals surface area contributed by atoms with Crippen LogP contribution in [0.1, 0.15) is 23.0 Å². The summed E-state index contributed by atoms with van der Waals surface area (Å²) in [5, 5.41) is 2.77. The molecule has 2 aromatic heterocycles. The highest BCUT2D eigenvalue weighted by Crippen LogP contribution is 2.32. The summed E-state index contributed by atoms with van der Waals surface area (Å²) in [6.07, 6.45) is 0. The van der Waals surface area contributed by atoms with Gasteiger partial charge in [-0.25, -0.2) is 9.52 Å². The van der Waals surface area contributed by atoms with Gasteiger partial charge < -0.3 is 18.6 Å². The average Bonchev–Trinajstić information content (AvgIpc) is 3.27. The zero-order valence-electron chi connectivity index (χ0n) is 14.8. The predicted molar refractivity (Wildman–Crippen MR) is 104 cm³/mol. The Balaban J connectivity index is 2.11. The molecular weight excluding hydrogens is 372 g/mol. The van der Waals surface area contributed by atoms with E-state index in [1.54, 1.807) is 24.7 Å². The smallest absolute Gasteiger partial charge is 0.355 e. The third-order valence-corrected chi connectivity index (χ3v) is 6.21. The number of ether oxygens (including phenoxy) is 2. The van der Waals surface area contributed by atoms with Crippen LogP contribution in [-0.4, -0.2) is 28.8 Å². The molecule has 0 spiro atoms. The Hall–Kier alpha value is -2.00. The van der Waals surface area contributed by atoms with Gasteiger partial charge in [-0.3, -0.25) is 0 Å². The predicted octanol–water partition coefficient (Wildman–Crippen LogP) is 3.93. The van der Waals surface area contributed by atoms with Crippen molar-refractivity contribution in [2.75, 3.05) is 18.4 Å². The van der Waals surface area contributed by atoms with Crippen LogP contribution in [0.2, 0.25) is 0 Å². The number of rotatable bonds is 7. The maximum absolute atomic E-state index is 12.6. The zero-order valence-corrected chi connectivity index (χ0v) is 16.4. The van der Waals surface area contributed by atoms with Crippen molar-refractivity contribution >= 4 is 45.3 Å². The van der Waals surface area contributed by atoms with Crippen molar-refractivity contribution in [1.82, 2.24) is 4.57 Å². The van der Waals surface area contributed by atoms with Gasteiger partial charge in [0.1, 0.15) is 29.5 Å². The van der Waals surface area contributed by atoms with Gasteiger partial charge in [-0.05, 0) is 43.0 Å². The molecule has 1 unspecified atom stereocenters. The maximum atomic E-state index is 12.6. The van der Waals surface area contributed by atoms with Crippen molar-refractivity contribution in [3.63, 3.8) is 0 Å². The number of anilines is 1. The van der Waals surface area contributed by atoms with E-state index in [2.05, 4.69) is 4.72 Å². The van der Waals surface area contributed by atoms with Gasteiger partial charge in [-0.1, -0.05) is 17.4 Å². The van der Waals surface area contributed by atoms with Gasteiger partial charge in [0, 0.05) is 18.6 Å². The third-order valence-electron chi connectivity index (χ3n) is 3.90. The highest BCUT2D eigenvalue weighted by molar-refractivity contribution is 7.94. The first-order valence-corrected chi connectivity index (χ1v) is 10.1. The van der Waals surface area contributed by atoms with Gasteiger partial charge in [-0.15, -0.1) is 0 Å². The van der Waals surface area contributed by atoms with Gasteiger partial charge in [-0.2, -0.15) is 0 Å². The molecule has 138 valence electrons. The number of esters is 1. The van der Waals surface area contributed by atoms with E-state index in [1.165, 1.54) is 11.3 Å². The Morgan fingerprint density at radius 1 is 1.38 bits per heavy atom. The molecule has 1 N–H and O–H groups in total. The lowest BCUT2D eigenvalue weighted by molar-refractivity contribution is 0.0496. The summed E-state index contributed by atoms with van der Waals surface area (Å²) in [5.74, 6) is -0.412. The molecule has 0 aliphatic rings. The van der Waals surface area contributed by atoms with Crippen molar-refractivity contribution in [3.8, 4) is 0 Å². The topological polar surface area (TPSA) is 75.5 Å². The highest BCUT2D eigenvalue weighted by Gasteiger charge is 2.22. The molecule has 26 heavy (non-hydrogen) atoms. The second-order valence-corrected chi connectivity index (χ2v) is 7.98. The summed E-state index contributed by atoms with van der Waals surface area (Å²) in [6.45, 7) is 4.21. The van der Waals surface area contributed by atoms with E-state index in [-0.39, 0.29) is 6.73 Å². The van der Waals surface area contributed by atoms with Crippen molar-refractivity contribution in [2.24, 2.45) is 0 Å². The highest BCUT2D eigenvalue weighted by atomic mass is 32.2. The fourth-order valence-electron chi connectivity index (χ4n) is 2.76. The van der Waals surface area contributed by atoms with Crippen molar-refractivity contribution in [1.29, 1.82) is 0 Å². The molecule has 0 aliphatic carbocycles. The van der Waals surface area contributed by atoms with Crippen molar-refractivity contribution in [2.45, 2.75) is 24.8 Å². The van der Waals surface area contributed by atoms with E-state index in [9.17, 15) is 9.35 Å². The second kappa shape index (κ2) is 8.13. The molecule has 0 amide bonds. The molecule has 0 aliphatic heterocycles. The standard InChI is InChI=1S/C18H20N2O4S2/c1-4-24-18(21)15-10-13-12(2)7-8-14(17(13)20(15)11-23-3)19-26(22)16-6-5-9-25-16/h5-10,19H,4,11H2,1-3H3. The Morgan fingerprint density at radius 2 is 2.19 bits per heavy atom. The number of thiophene rings is 1. The second-order valence-electron chi connectivity index (χ2n) is 5.59. The van der Waals surface area contributed by atoms with E-state index in [0.717, 1.165) is 20.7 Å². The summed E-state index contributed by atoms with van der Waals surface area (Å²) in [5.41, 5.74) is 2.85. The van der Waals surface area contributed by atoms with Gasteiger partial charge in [0.2, 0.25) is 4.21 Å². The minimum atomic E-state index is -1.38. The first kappa shape index (κ1) is 18.8. The summed E-state index contributed by atoms with van der Waals surface area (Å²) in [4.78, 5) is 12.4. The van der Waals surface area contributed by atoms with E-state index < -0.39 is 17.3 Å². The van der Waals surface area contributed by atoms with Crippen LogP contribution in [0, 0.1) is 6.92 Å². The number of aryl methyl sites for hydroxylation is 1. The van der Waals surface area contributed by atoms with Gasteiger partial charge in [0.25, 0.3) is 0 Å². The number of carbonyl (C=O) groups excluding carboxylic acids is 1. The van der Waals surface area contributed by atoms with Gasteiger partial charge in [0.15, 0.2) is 0 Å². The van der Waals surface area contributed by atoms with Crippen molar-refractivity contribution in [3.05, 3.63) is 47.0 Å². The van der Waals surface area contributed by atoms with Crippen LogP contribution in [0.15, 0.2) is 39.9 Å². The van der Waals surface area contributed by atoms with Crippen molar-refractivity contribution < 1.29 is 18.8 Å². The molecule has 0 bridgehead atoms. The van der Waals surface area contributed by atoms with Crippen LogP contribution in [-0.2, 0) is 27.6 Å². The molecule has 0 saturated heterocycles.